The molecule has 1 nitrogen and oxygen atoms in total. The van der Waals surface area contributed by atoms with Gasteiger partial charge < -0.3 is 0 Å². The van der Waals surface area contributed by atoms with Gasteiger partial charge >= 0.3 is 0 Å². The molecular formula is C15H20O. The third-order valence-electron chi connectivity index (χ3n) is 4.27. The highest BCUT2D eigenvalue weighted by atomic mass is 16.1. The minimum atomic E-state index is 0.162. The van der Waals surface area contributed by atoms with Crippen molar-refractivity contribution in [1.82, 2.24) is 0 Å². The van der Waals surface area contributed by atoms with Gasteiger partial charge in [0.15, 0.2) is 5.78 Å². The number of rotatable bonds is 0. The van der Waals surface area contributed by atoms with Crippen LogP contribution in [0.25, 0.3) is 0 Å². The predicted octanol–water partition coefficient (Wildman–Crippen LogP) is 3.82. The van der Waals surface area contributed by atoms with E-state index < -0.39 is 0 Å². The highest BCUT2D eigenvalue weighted by Crippen LogP contribution is 2.49. The molecule has 0 aromatic rings. The zero-order chi connectivity index (χ0) is 11.9. The smallest absolute Gasteiger partial charge is 0.182 e. The summed E-state index contributed by atoms with van der Waals surface area (Å²) in [6.45, 7) is 8.66. The molecule has 0 fully saturated rings. The second kappa shape index (κ2) is 3.73. The first kappa shape index (κ1) is 11.4. The summed E-state index contributed by atoms with van der Waals surface area (Å²) < 4.78 is 0. The van der Waals surface area contributed by atoms with E-state index in [2.05, 4.69) is 26.0 Å². The lowest BCUT2D eigenvalue weighted by Crippen LogP contribution is -2.34. The maximum absolute atomic E-state index is 12.0. The zero-order valence-corrected chi connectivity index (χ0v) is 10.6. The van der Waals surface area contributed by atoms with Crippen molar-refractivity contribution in [3.63, 3.8) is 0 Å². The van der Waals surface area contributed by atoms with Crippen molar-refractivity contribution in [1.29, 1.82) is 0 Å². The molecule has 0 aliphatic heterocycles. The number of carbonyl (C=O) groups excluding carboxylic acids is 1. The average molecular weight is 216 g/mol. The summed E-state index contributed by atoms with van der Waals surface area (Å²) in [6.07, 6.45) is 8.21. The molecule has 2 unspecified atom stereocenters. The molecule has 0 saturated carbocycles. The van der Waals surface area contributed by atoms with Gasteiger partial charge in [-0.25, -0.2) is 0 Å². The lowest BCUT2D eigenvalue weighted by atomic mass is 9.61. The molecule has 0 saturated heterocycles. The predicted molar refractivity (Wildman–Crippen MR) is 67.1 cm³/mol. The molecule has 0 radical (unpaired) electrons. The maximum atomic E-state index is 12.0. The molecule has 0 aromatic heterocycles. The van der Waals surface area contributed by atoms with Gasteiger partial charge in [-0.05, 0) is 55.2 Å². The van der Waals surface area contributed by atoms with Crippen molar-refractivity contribution < 1.29 is 4.79 Å². The Hall–Kier alpha value is -1.11. The number of hydrogen-bond acceptors (Lipinski definition) is 1. The quantitative estimate of drug-likeness (QED) is 0.562. The molecule has 1 heteroatoms. The van der Waals surface area contributed by atoms with Gasteiger partial charge in [-0.2, -0.15) is 0 Å². The summed E-state index contributed by atoms with van der Waals surface area (Å²) in [5.74, 6) is 0.831. The fourth-order valence-corrected chi connectivity index (χ4v) is 2.73. The van der Waals surface area contributed by atoms with Crippen molar-refractivity contribution in [2.24, 2.45) is 11.3 Å². The van der Waals surface area contributed by atoms with Crippen LogP contribution in [0.1, 0.15) is 40.5 Å². The van der Waals surface area contributed by atoms with Crippen LogP contribution in [-0.2, 0) is 4.79 Å². The third kappa shape index (κ3) is 1.59. The van der Waals surface area contributed by atoms with E-state index in [9.17, 15) is 4.79 Å². The minimum Gasteiger partial charge on any atom is -0.290 e. The Morgan fingerprint density at radius 1 is 1.44 bits per heavy atom. The first-order chi connectivity index (χ1) is 7.45. The topological polar surface area (TPSA) is 17.1 Å². The van der Waals surface area contributed by atoms with E-state index in [0.717, 1.165) is 18.4 Å². The molecule has 86 valence electrons. The van der Waals surface area contributed by atoms with Crippen LogP contribution in [0.3, 0.4) is 0 Å². The molecule has 0 bridgehead atoms. The highest BCUT2D eigenvalue weighted by molar-refractivity contribution is 6.06. The van der Waals surface area contributed by atoms with Crippen LogP contribution in [0.5, 0.6) is 0 Å². The van der Waals surface area contributed by atoms with Crippen LogP contribution < -0.4 is 0 Å². The van der Waals surface area contributed by atoms with E-state index in [1.807, 2.05) is 19.9 Å². The van der Waals surface area contributed by atoms with E-state index in [0.29, 0.717) is 5.92 Å². The Kier molecular flexibility index (Phi) is 2.65. The Labute approximate surface area is 97.9 Å². The van der Waals surface area contributed by atoms with Crippen molar-refractivity contribution >= 4 is 5.78 Å². The molecule has 16 heavy (non-hydrogen) atoms. The third-order valence-corrected chi connectivity index (χ3v) is 4.27. The Morgan fingerprint density at radius 3 is 2.75 bits per heavy atom. The van der Waals surface area contributed by atoms with Crippen LogP contribution in [-0.4, -0.2) is 5.78 Å². The summed E-state index contributed by atoms with van der Waals surface area (Å²) in [7, 11) is 0. The number of carbonyl (C=O) groups is 1. The first-order valence-corrected chi connectivity index (χ1v) is 6.04. The summed E-state index contributed by atoms with van der Waals surface area (Å²) in [5, 5.41) is 0. The Morgan fingerprint density at radius 2 is 2.12 bits per heavy atom. The summed E-state index contributed by atoms with van der Waals surface area (Å²) >= 11 is 0. The average Bonchev–Trinajstić information content (AvgIpc) is 2.20. The van der Waals surface area contributed by atoms with E-state index in [1.165, 1.54) is 11.1 Å². The molecule has 0 spiro atoms. The second-order valence-corrected chi connectivity index (χ2v) is 5.58. The molecule has 2 aliphatic rings. The Bertz CT molecular complexity index is 419. The molecule has 0 amide bonds. The lowest BCUT2D eigenvalue weighted by Gasteiger charge is -2.42. The second-order valence-electron chi connectivity index (χ2n) is 5.58. The fraction of sp³-hybridized carbons (Fsp3) is 0.533. The highest BCUT2D eigenvalue weighted by Gasteiger charge is 2.40. The number of hydrogen-bond donors (Lipinski definition) is 0. The number of allylic oxidation sites excluding steroid dienone is 6. The monoisotopic (exact) mass is 216 g/mol. The molecule has 0 heterocycles. The van der Waals surface area contributed by atoms with Crippen LogP contribution >= 0.6 is 0 Å². The molecule has 0 aromatic carbocycles. The van der Waals surface area contributed by atoms with Crippen LogP contribution in [0, 0.1) is 11.3 Å². The zero-order valence-electron chi connectivity index (χ0n) is 10.6. The molecular weight excluding hydrogens is 196 g/mol. The van der Waals surface area contributed by atoms with Crippen LogP contribution in [0.4, 0.5) is 0 Å². The summed E-state index contributed by atoms with van der Waals surface area (Å²) in [5.41, 5.74) is 3.58. The normalized spacial score (nSPS) is 33.5. The molecule has 2 atom stereocenters. The van der Waals surface area contributed by atoms with Gasteiger partial charge in [0.2, 0.25) is 0 Å². The lowest BCUT2D eigenvalue weighted by molar-refractivity contribution is -0.112. The van der Waals surface area contributed by atoms with E-state index in [1.54, 1.807) is 0 Å². The Balaban J connectivity index is 2.53. The van der Waals surface area contributed by atoms with Gasteiger partial charge in [0.25, 0.3) is 0 Å². The van der Waals surface area contributed by atoms with Gasteiger partial charge in [-0.3, -0.25) is 4.79 Å². The van der Waals surface area contributed by atoms with Gasteiger partial charge in [0.05, 0.1) is 0 Å². The number of ketones is 1. The van der Waals surface area contributed by atoms with E-state index >= 15 is 0 Å². The standard InChI is InChI=1S/C15H20O/c1-10(2)13-9-15(4)11(3)6-5-7-12(15)8-14(13)16/h5,7-8,11H,6,9H2,1-4H3. The maximum Gasteiger partial charge on any atom is 0.182 e. The van der Waals surface area contributed by atoms with Gasteiger partial charge in [0.1, 0.15) is 0 Å². The van der Waals surface area contributed by atoms with Gasteiger partial charge in [-0.1, -0.05) is 31.6 Å². The molecule has 0 N–H and O–H groups in total. The van der Waals surface area contributed by atoms with Crippen LogP contribution in [0.15, 0.2) is 34.9 Å². The van der Waals surface area contributed by atoms with Crippen molar-refractivity contribution in [2.75, 3.05) is 0 Å². The van der Waals surface area contributed by atoms with Crippen molar-refractivity contribution in [2.45, 2.75) is 40.5 Å². The molecule has 2 aliphatic carbocycles. The fourth-order valence-electron chi connectivity index (χ4n) is 2.73. The van der Waals surface area contributed by atoms with Crippen molar-refractivity contribution in [3.8, 4) is 0 Å². The van der Waals surface area contributed by atoms with Gasteiger partial charge in [0, 0.05) is 0 Å². The summed E-state index contributed by atoms with van der Waals surface area (Å²) in [6, 6.07) is 0. The summed E-state index contributed by atoms with van der Waals surface area (Å²) in [4.78, 5) is 12.0. The van der Waals surface area contributed by atoms with E-state index in [-0.39, 0.29) is 11.2 Å². The minimum absolute atomic E-state index is 0.162. The molecule has 2 rings (SSSR count). The SMILES string of the molecule is CC(C)=C1CC2(C)C(=CC1=O)C=CCC2C. The van der Waals surface area contributed by atoms with Crippen LogP contribution in [0.2, 0.25) is 0 Å². The largest absolute Gasteiger partial charge is 0.290 e. The number of fused-ring (bicyclic) bond motifs is 1. The first-order valence-electron chi connectivity index (χ1n) is 6.04. The van der Waals surface area contributed by atoms with Crippen molar-refractivity contribution in [3.05, 3.63) is 34.9 Å². The van der Waals surface area contributed by atoms with E-state index in [4.69, 9.17) is 0 Å². The van der Waals surface area contributed by atoms with Gasteiger partial charge in [-0.15, -0.1) is 0 Å².